The Morgan fingerprint density at radius 1 is 1.21 bits per heavy atom. The summed E-state index contributed by atoms with van der Waals surface area (Å²) >= 11 is 11.0. The van der Waals surface area contributed by atoms with Crippen LogP contribution in [0.4, 0.5) is 10.1 Å². The molecule has 10 heteroatoms. The van der Waals surface area contributed by atoms with Crippen molar-refractivity contribution in [1.82, 2.24) is 5.32 Å². The number of rotatable bonds is 4. The molecule has 4 rings (SSSR count). The summed E-state index contributed by atoms with van der Waals surface area (Å²) in [6.45, 7) is 1.76. The summed E-state index contributed by atoms with van der Waals surface area (Å²) in [5.41, 5.74) is 1.65. The lowest BCUT2D eigenvalue weighted by atomic mass is 10.0. The lowest BCUT2D eigenvalue weighted by Gasteiger charge is -2.28. The third kappa shape index (κ3) is 4.23. The minimum atomic E-state index is -0.724. The highest BCUT2D eigenvalue weighted by molar-refractivity contribution is 7.80. The summed E-state index contributed by atoms with van der Waals surface area (Å²) in [7, 11) is 1.30. The van der Waals surface area contributed by atoms with Crippen LogP contribution < -0.4 is 10.2 Å². The van der Waals surface area contributed by atoms with E-state index in [1.165, 1.54) is 25.3 Å². The Morgan fingerprint density at radius 2 is 1.97 bits per heavy atom. The lowest BCUT2D eigenvalue weighted by Crippen LogP contribution is -2.54. The van der Waals surface area contributed by atoms with Crippen LogP contribution in [0.25, 0.3) is 17.4 Å². The van der Waals surface area contributed by atoms with Gasteiger partial charge in [-0.2, -0.15) is 0 Å². The summed E-state index contributed by atoms with van der Waals surface area (Å²) in [6.07, 6.45) is 1.28. The first kappa shape index (κ1) is 23.3. The molecule has 0 radical (unpaired) electrons. The lowest BCUT2D eigenvalue weighted by molar-refractivity contribution is -0.122. The minimum Gasteiger partial charge on any atom is -0.465 e. The molecule has 1 aliphatic heterocycles. The van der Waals surface area contributed by atoms with Crippen LogP contribution in [0, 0.1) is 12.7 Å². The maximum absolute atomic E-state index is 13.6. The van der Waals surface area contributed by atoms with Gasteiger partial charge in [0.2, 0.25) is 0 Å². The number of anilines is 1. The zero-order chi connectivity index (χ0) is 24.6. The van der Waals surface area contributed by atoms with Gasteiger partial charge < -0.3 is 9.15 Å². The number of hydrogen-bond donors (Lipinski definition) is 1. The van der Waals surface area contributed by atoms with Gasteiger partial charge in [-0.25, -0.2) is 9.18 Å². The molecule has 0 atom stereocenters. The molecule has 2 amide bonds. The van der Waals surface area contributed by atoms with Crippen LogP contribution in [-0.2, 0) is 14.3 Å². The van der Waals surface area contributed by atoms with Crippen molar-refractivity contribution in [3.63, 3.8) is 0 Å². The summed E-state index contributed by atoms with van der Waals surface area (Å²) in [5, 5.41) is 2.08. The highest BCUT2D eigenvalue weighted by Crippen LogP contribution is 2.30. The molecule has 0 aliphatic carbocycles. The summed E-state index contributed by atoms with van der Waals surface area (Å²) in [5.74, 6) is -1.91. The average molecular weight is 499 g/mol. The predicted octanol–water partition coefficient (Wildman–Crippen LogP) is 4.67. The number of methoxy groups -OCH3 is 1. The number of thiocarbonyl (C=S) groups is 1. The number of hydrogen-bond acceptors (Lipinski definition) is 6. The zero-order valence-electron chi connectivity index (χ0n) is 17.8. The Labute approximate surface area is 203 Å². The number of carbonyl (C=O) groups excluding carboxylic acids is 3. The fourth-order valence-corrected chi connectivity index (χ4v) is 3.92. The maximum atomic E-state index is 13.6. The Hall–Kier alpha value is -3.82. The number of furan rings is 1. The van der Waals surface area contributed by atoms with Gasteiger partial charge in [-0.05, 0) is 67.2 Å². The van der Waals surface area contributed by atoms with E-state index >= 15 is 0 Å². The van der Waals surface area contributed by atoms with Gasteiger partial charge in [0.15, 0.2) is 5.11 Å². The van der Waals surface area contributed by atoms with Gasteiger partial charge in [0.25, 0.3) is 11.8 Å². The van der Waals surface area contributed by atoms with E-state index < -0.39 is 23.6 Å². The number of ether oxygens (including phenoxy) is 1. The molecular weight excluding hydrogens is 483 g/mol. The predicted molar refractivity (Wildman–Crippen MR) is 128 cm³/mol. The molecule has 3 aromatic rings. The van der Waals surface area contributed by atoms with Gasteiger partial charge in [-0.15, -0.1) is 0 Å². The Morgan fingerprint density at radius 3 is 2.68 bits per heavy atom. The van der Waals surface area contributed by atoms with Gasteiger partial charge >= 0.3 is 5.97 Å². The van der Waals surface area contributed by atoms with E-state index in [4.69, 9.17) is 33.0 Å². The second-order valence-electron chi connectivity index (χ2n) is 7.23. The number of esters is 1. The highest BCUT2D eigenvalue weighted by Gasteiger charge is 2.35. The molecule has 2 heterocycles. The van der Waals surface area contributed by atoms with E-state index in [-0.39, 0.29) is 27.2 Å². The van der Waals surface area contributed by atoms with Gasteiger partial charge in [-0.3, -0.25) is 19.8 Å². The third-order valence-corrected chi connectivity index (χ3v) is 5.76. The smallest absolute Gasteiger partial charge is 0.338 e. The molecule has 34 heavy (non-hydrogen) atoms. The van der Waals surface area contributed by atoms with Gasteiger partial charge in [-0.1, -0.05) is 23.7 Å². The fraction of sp³-hybridized carbons (Fsp3) is 0.0833. The minimum absolute atomic E-state index is 0.162. The Bertz CT molecular complexity index is 1400. The molecule has 2 aromatic carbocycles. The largest absolute Gasteiger partial charge is 0.465 e. The molecule has 0 unspecified atom stereocenters. The van der Waals surface area contributed by atoms with Crippen molar-refractivity contribution < 1.29 is 27.9 Å². The van der Waals surface area contributed by atoms with Crippen LogP contribution in [0.5, 0.6) is 0 Å². The third-order valence-electron chi connectivity index (χ3n) is 5.18. The summed E-state index contributed by atoms with van der Waals surface area (Å²) in [4.78, 5) is 38.6. The van der Waals surface area contributed by atoms with E-state index in [0.29, 0.717) is 22.5 Å². The standard InChI is InChI=1S/C24H16ClFN2O5S/c1-12-15(4-3-5-16(12)23(31)32-2)20-9-7-14(33-20)11-17-21(29)27-24(34)28(22(17)30)13-6-8-19(26)18(25)10-13/h3-11H,1-2H3,(H,27,29,34)/b17-11+. The highest BCUT2D eigenvalue weighted by atomic mass is 35.5. The van der Waals surface area contributed by atoms with Gasteiger partial charge in [0.05, 0.1) is 23.4 Å². The van der Waals surface area contributed by atoms with Crippen LogP contribution in [0.3, 0.4) is 0 Å². The average Bonchev–Trinajstić information content (AvgIpc) is 3.27. The van der Waals surface area contributed by atoms with Crippen LogP contribution >= 0.6 is 23.8 Å². The van der Waals surface area contributed by atoms with Crippen LogP contribution in [0.1, 0.15) is 21.7 Å². The van der Waals surface area contributed by atoms with Crippen molar-refractivity contribution in [3.8, 4) is 11.3 Å². The van der Waals surface area contributed by atoms with Crippen LogP contribution in [0.2, 0.25) is 5.02 Å². The quantitative estimate of drug-likeness (QED) is 0.243. The molecule has 1 saturated heterocycles. The monoisotopic (exact) mass is 498 g/mol. The van der Waals surface area contributed by atoms with E-state index in [1.807, 2.05) is 0 Å². The SMILES string of the molecule is COC(=O)c1cccc(-c2ccc(/C=C3\C(=O)NC(=S)N(c4ccc(F)c(Cl)c4)C3=O)o2)c1C. The van der Waals surface area contributed by atoms with Gasteiger partial charge in [0.1, 0.15) is 22.9 Å². The van der Waals surface area contributed by atoms with E-state index in [9.17, 15) is 18.8 Å². The van der Waals surface area contributed by atoms with Crippen LogP contribution in [0.15, 0.2) is 58.5 Å². The summed E-state index contributed by atoms with van der Waals surface area (Å²) in [6, 6.07) is 12.0. The van der Waals surface area contributed by atoms with Crippen molar-refractivity contribution in [2.75, 3.05) is 12.0 Å². The molecule has 7 nitrogen and oxygen atoms in total. The van der Waals surface area contributed by atoms with E-state index in [2.05, 4.69) is 5.32 Å². The first-order valence-corrected chi connectivity index (χ1v) is 10.6. The number of amides is 2. The second-order valence-corrected chi connectivity index (χ2v) is 8.02. The molecule has 0 spiro atoms. The molecule has 1 fully saturated rings. The first-order valence-electron chi connectivity index (χ1n) is 9.86. The fourth-order valence-electron chi connectivity index (χ4n) is 3.47. The topological polar surface area (TPSA) is 88.9 Å². The van der Waals surface area contributed by atoms with Crippen molar-refractivity contribution in [3.05, 3.63) is 81.8 Å². The maximum Gasteiger partial charge on any atom is 0.338 e. The second kappa shape index (κ2) is 9.20. The molecule has 172 valence electrons. The Balaban J connectivity index is 1.69. The van der Waals surface area contributed by atoms with Crippen molar-refractivity contribution in [1.29, 1.82) is 0 Å². The molecule has 0 bridgehead atoms. The zero-order valence-corrected chi connectivity index (χ0v) is 19.4. The normalized spacial score (nSPS) is 15.0. The molecule has 0 saturated carbocycles. The number of benzene rings is 2. The molecule has 1 aromatic heterocycles. The number of halogens is 2. The number of nitrogens with one attached hydrogen (secondary N) is 1. The summed E-state index contributed by atoms with van der Waals surface area (Å²) < 4.78 is 24.2. The van der Waals surface area contributed by atoms with E-state index in [0.717, 1.165) is 11.0 Å². The van der Waals surface area contributed by atoms with Gasteiger partial charge in [0, 0.05) is 5.56 Å². The molecular formula is C24H16ClFN2O5S. The molecule has 1 aliphatic rings. The van der Waals surface area contributed by atoms with Crippen molar-refractivity contribution >= 4 is 58.5 Å². The van der Waals surface area contributed by atoms with E-state index in [1.54, 1.807) is 37.3 Å². The number of nitrogens with zero attached hydrogens (tertiary/aromatic N) is 1. The van der Waals surface area contributed by atoms with Crippen molar-refractivity contribution in [2.45, 2.75) is 6.92 Å². The number of carbonyl (C=O) groups is 3. The molecule has 1 N–H and O–H groups in total. The Kier molecular flexibility index (Phi) is 6.32. The van der Waals surface area contributed by atoms with Crippen LogP contribution in [-0.4, -0.2) is 30.0 Å². The first-order chi connectivity index (χ1) is 16.2. The van der Waals surface area contributed by atoms with Crippen molar-refractivity contribution in [2.24, 2.45) is 0 Å².